The first-order valence-corrected chi connectivity index (χ1v) is 10.6. The van der Waals surface area contributed by atoms with Crippen LogP contribution in [0.5, 0.6) is 5.75 Å². The van der Waals surface area contributed by atoms with Crippen molar-refractivity contribution < 1.29 is 9.53 Å². The van der Waals surface area contributed by atoms with E-state index in [1.807, 2.05) is 78.6 Å². The molecule has 2 aromatic carbocycles. The fourth-order valence-corrected chi connectivity index (χ4v) is 3.52. The Morgan fingerprint density at radius 2 is 1.74 bits per heavy atom. The maximum Gasteiger partial charge on any atom is 0.246 e. The van der Waals surface area contributed by atoms with Gasteiger partial charge in [-0.3, -0.25) is 4.79 Å². The van der Waals surface area contributed by atoms with E-state index in [2.05, 4.69) is 9.88 Å². The molecule has 0 saturated carbocycles. The molecule has 1 aromatic heterocycles. The Kier molecular flexibility index (Phi) is 6.57. The summed E-state index contributed by atoms with van der Waals surface area (Å²) in [6.07, 6.45) is 5.28. The Bertz CT molecular complexity index is 1030. The number of nitrogens with zero attached hydrogens (tertiary/aromatic N) is 4. The number of carbonyl (C=O) groups excluding carboxylic acids is 1. The lowest BCUT2D eigenvalue weighted by Crippen LogP contribution is -2.48. The molecule has 0 unspecified atom stereocenters. The standard InChI is InChI=1S/C25H26N4O2/c1-2-31-22-11-8-20(9-12-22)10-13-24(30)29-18-16-28(17-19-29)23-14-15-26-25(27-23)21-6-4-3-5-7-21/h3-15H,2,16-19H2,1H3/b13-10+. The van der Waals surface area contributed by atoms with E-state index in [1.165, 1.54) is 0 Å². The minimum atomic E-state index is 0.0289. The fourth-order valence-electron chi connectivity index (χ4n) is 3.52. The molecule has 158 valence electrons. The normalized spacial score (nSPS) is 14.1. The van der Waals surface area contributed by atoms with Crippen LogP contribution < -0.4 is 9.64 Å². The van der Waals surface area contributed by atoms with Gasteiger partial charge in [0.2, 0.25) is 5.91 Å². The molecule has 0 bridgehead atoms. The van der Waals surface area contributed by atoms with Crippen molar-refractivity contribution in [3.8, 4) is 17.1 Å². The highest BCUT2D eigenvalue weighted by Gasteiger charge is 2.21. The molecule has 2 heterocycles. The van der Waals surface area contributed by atoms with Crippen LogP contribution in [0.3, 0.4) is 0 Å². The quantitative estimate of drug-likeness (QED) is 0.573. The summed E-state index contributed by atoms with van der Waals surface area (Å²) in [6.45, 7) is 5.41. The second-order valence-electron chi connectivity index (χ2n) is 7.25. The van der Waals surface area contributed by atoms with E-state index in [-0.39, 0.29) is 5.91 Å². The monoisotopic (exact) mass is 414 g/mol. The topological polar surface area (TPSA) is 58.6 Å². The zero-order valence-corrected chi connectivity index (χ0v) is 17.6. The molecule has 0 aliphatic carbocycles. The molecule has 0 atom stereocenters. The molecule has 4 rings (SSSR count). The van der Waals surface area contributed by atoms with Crippen LogP contribution in [-0.4, -0.2) is 53.6 Å². The maximum absolute atomic E-state index is 12.6. The predicted molar refractivity (Wildman–Crippen MR) is 123 cm³/mol. The molecule has 0 N–H and O–H groups in total. The molecule has 6 nitrogen and oxygen atoms in total. The van der Waals surface area contributed by atoms with Crippen LogP contribution in [-0.2, 0) is 4.79 Å². The van der Waals surface area contributed by atoms with Crippen molar-refractivity contribution in [2.45, 2.75) is 6.92 Å². The molecule has 3 aromatic rings. The third-order valence-corrected chi connectivity index (χ3v) is 5.20. The largest absolute Gasteiger partial charge is 0.494 e. The van der Waals surface area contributed by atoms with Gasteiger partial charge in [0.25, 0.3) is 0 Å². The maximum atomic E-state index is 12.6. The number of carbonyl (C=O) groups is 1. The molecular weight excluding hydrogens is 388 g/mol. The molecular formula is C25H26N4O2. The Labute approximate surface area is 182 Å². The van der Waals surface area contributed by atoms with Crippen LogP contribution >= 0.6 is 0 Å². The number of aromatic nitrogens is 2. The highest BCUT2D eigenvalue weighted by atomic mass is 16.5. The van der Waals surface area contributed by atoms with Gasteiger partial charge in [0.15, 0.2) is 5.82 Å². The van der Waals surface area contributed by atoms with E-state index in [0.717, 1.165) is 41.6 Å². The molecule has 1 saturated heterocycles. The molecule has 6 heteroatoms. The number of benzene rings is 2. The molecule has 1 aliphatic heterocycles. The number of hydrogen-bond donors (Lipinski definition) is 0. The summed E-state index contributed by atoms with van der Waals surface area (Å²) in [7, 11) is 0. The van der Waals surface area contributed by atoms with Gasteiger partial charge < -0.3 is 14.5 Å². The molecule has 0 spiro atoms. The zero-order valence-electron chi connectivity index (χ0n) is 17.6. The van der Waals surface area contributed by atoms with E-state index in [9.17, 15) is 4.79 Å². The second-order valence-corrected chi connectivity index (χ2v) is 7.25. The Balaban J connectivity index is 1.34. The first-order valence-electron chi connectivity index (χ1n) is 10.6. The highest BCUT2D eigenvalue weighted by Crippen LogP contribution is 2.19. The number of anilines is 1. The lowest BCUT2D eigenvalue weighted by molar-refractivity contribution is -0.126. The summed E-state index contributed by atoms with van der Waals surface area (Å²) in [4.78, 5) is 25.8. The third-order valence-electron chi connectivity index (χ3n) is 5.20. The number of amides is 1. The number of ether oxygens (including phenoxy) is 1. The van der Waals surface area contributed by atoms with Gasteiger partial charge in [-0.25, -0.2) is 9.97 Å². The highest BCUT2D eigenvalue weighted by molar-refractivity contribution is 5.92. The number of rotatable bonds is 6. The smallest absolute Gasteiger partial charge is 0.246 e. The van der Waals surface area contributed by atoms with Crippen LogP contribution in [0.2, 0.25) is 0 Å². The minimum Gasteiger partial charge on any atom is -0.494 e. The Morgan fingerprint density at radius 1 is 1.00 bits per heavy atom. The fraction of sp³-hybridized carbons (Fsp3) is 0.240. The van der Waals surface area contributed by atoms with Gasteiger partial charge in [0.05, 0.1) is 6.61 Å². The average Bonchev–Trinajstić information content (AvgIpc) is 2.84. The van der Waals surface area contributed by atoms with Gasteiger partial charge in [0, 0.05) is 44.0 Å². The van der Waals surface area contributed by atoms with Gasteiger partial charge >= 0.3 is 0 Å². The predicted octanol–water partition coefficient (Wildman–Crippen LogP) is 3.90. The lowest BCUT2D eigenvalue weighted by atomic mass is 10.2. The summed E-state index contributed by atoms with van der Waals surface area (Å²) < 4.78 is 5.45. The summed E-state index contributed by atoms with van der Waals surface area (Å²) in [5, 5.41) is 0. The number of piperazine rings is 1. The first kappa shape index (κ1) is 20.6. The summed E-state index contributed by atoms with van der Waals surface area (Å²) in [5.74, 6) is 2.48. The van der Waals surface area contributed by atoms with E-state index in [4.69, 9.17) is 9.72 Å². The molecule has 1 amide bonds. The van der Waals surface area contributed by atoms with E-state index in [0.29, 0.717) is 19.7 Å². The molecule has 0 radical (unpaired) electrons. The van der Waals surface area contributed by atoms with Gasteiger partial charge in [-0.15, -0.1) is 0 Å². The second kappa shape index (κ2) is 9.89. The van der Waals surface area contributed by atoms with Gasteiger partial charge in [-0.1, -0.05) is 42.5 Å². The summed E-state index contributed by atoms with van der Waals surface area (Å²) in [5.41, 5.74) is 1.97. The lowest BCUT2D eigenvalue weighted by Gasteiger charge is -2.35. The first-order chi connectivity index (χ1) is 15.2. The molecule has 1 fully saturated rings. The van der Waals surface area contributed by atoms with Crippen LogP contribution in [0.15, 0.2) is 72.9 Å². The van der Waals surface area contributed by atoms with E-state index in [1.54, 1.807) is 12.3 Å². The molecule has 31 heavy (non-hydrogen) atoms. The third kappa shape index (κ3) is 5.28. The van der Waals surface area contributed by atoms with Crippen molar-refractivity contribution in [3.05, 3.63) is 78.5 Å². The zero-order chi connectivity index (χ0) is 21.5. The average molecular weight is 415 g/mol. The van der Waals surface area contributed by atoms with Crippen LogP contribution in [0.4, 0.5) is 5.82 Å². The van der Waals surface area contributed by atoms with Crippen molar-refractivity contribution in [2.24, 2.45) is 0 Å². The summed E-state index contributed by atoms with van der Waals surface area (Å²) >= 11 is 0. The Morgan fingerprint density at radius 3 is 2.45 bits per heavy atom. The number of hydrogen-bond acceptors (Lipinski definition) is 5. The van der Waals surface area contributed by atoms with Crippen molar-refractivity contribution >= 4 is 17.8 Å². The molecule has 1 aliphatic rings. The van der Waals surface area contributed by atoms with E-state index < -0.39 is 0 Å². The van der Waals surface area contributed by atoms with Crippen molar-refractivity contribution in [1.82, 2.24) is 14.9 Å². The van der Waals surface area contributed by atoms with Gasteiger partial charge in [-0.05, 0) is 36.8 Å². The Hall–Kier alpha value is -3.67. The van der Waals surface area contributed by atoms with Crippen molar-refractivity contribution in [1.29, 1.82) is 0 Å². The minimum absolute atomic E-state index is 0.0289. The van der Waals surface area contributed by atoms with Gasteiger partial charge in [0.1, 0.15) is 11.6 Å². The van der Waals surface area contributed by atoms with Crippen LogP contribution in [0, 0.1) is 0 Å². The van der Waals surface area contributed by atoms with Crippen molar-refractivity contribution in [2.75, 3.05) is 37.7 Å². The summed E-state index contributed by atoms with van der Waals surface area (Å²) in [6, 6.07) is 19.6. The van der Waals surface area contributed by atoms with Gasteiger partial charge in [-0.2, -0.15) is 0 Å². The van der Waals surface area contributed by atoms with Crippen LogP contribution in [0.1, 0.15) is 12.5 Å². The SMILES string of the molecule is CCOc1ccc(/C=C/C(=O)N2CCN(c3ccnc(-c4ccccc4)n3)CC2)cc1. The van der Waals surface area contributed by atoms with Crippen LogP contribution in [0.25, 0.3) is 17.5 Å². The van der Waals surface area contributed by atoms with E-state index >= 15 is 0 Å². The van der Waals surface area contributed by atoms with Crippen molar-refractivity contribution in [3.63, 3.8) is 0 Å².